The van der Waals surface area contributed by atoms with Gasteiger partial charge in [-0.15, -0.1) is 0 Å². The van der Waals surface area contributed by atoms with Crippen LogP contribution in [-0.4, -0.2) is 92.0 Å². The highest BCUT2D eigenvalue weighted by Crippen LogP contribution is 2.41. The number of halogens is 6. The van der Waals surface area contributed by atoms with E-state index in [0.717, 1.165) is 13.8 Å². The standard InChI is InChI=1S/C35H38I6N6O13/c1-13(59-17(5)50)31(52)44-27-21(36)19(33(54)42-9-7-11-57-15(3)48)23(38)29(25(27)40)46-35(56)47-30-24(39)20(34(55)43-10-8-12-58-16(4)49)22(37)28(26(30)41)45-32(53)14(2)60-18(6)51/h13-14H,7-12H2,1-6H3,(H,42,54)(H,43,55)(H,44,52)(H,45,53)(H2,46,47,56). The van der Waals surface area contributed by atoms with Crippen molar-refractivity contribution < 1.29 is 62.1 Å². The smallest absolute Gasteiger partial charge is 0.323 e. The monoisotopic (exact) mass is 1510 g/mol. The van der Waals surface area contributed by atoms with Crippen LogP contribution in [0.5, 0.6) is 0 Å². The molecule has 19 nitrogen and oxygen atoms in total. The maximum absolute atomic E-state index is 14.0. The minimum Gasteiger partial charge on any atom is -0.466 e. The highest BCUT2D eigenvalue weighted by molar-refractivity contribution is 14.1. The largest absolute Gasteiger partial charge is 0.466 e. The lowest BCUT2D eigenvalue weighted by Crippen LogP contribution is -2.33. The van der Waals surface area contributed by atoms with Gasteiger partial charge < -0.3 is 50.8 Å². The highest BCUT2D eigenvalue weighted by Gasteiger charge is 2.31. The van der Waals surface area contributed by atoms with Crippen molar-refractivity contribution >= 4 is 212 Å². The molecule has 0 aliphatic heterocycles. The molecule has 0 bridgehead atoms. The van der Waals surface area contributed by atoms with Crippen LogP contribution in [0.25, 0.3) is 0 Å². The highest BCUT2D eigenvalue weighted by atomic mass is 127. The average molecular weight is 1510 g/mol. The third-order valence-electron chi connectivity index (χ3n) is 7.31. The molecule has 0 saturated carbocycles. The lowest BCUT2D eigenvalue weighted by Gasteiger charge is -2.23. The summed E-state index contributed by atoms with van der Waals surface area (Å²) in [5, 5.41) is 16.4. The van der Waals surface area contributed by atoms with E-state index in [9.17, 15) is 43.2 Å². The Morgan fingerprint density at radius 3 is 1.05 bits per heavy atom. The number of benzene rings is 2. The van der Waals surface area contributed by atoms with Crippen LogP contribution < -0.4 is 31.9 Å². The molecular weight excluding hydrogens is 1470 g/mol. The first-order valence-electron chi connectivity index (χ1n) is 17.3. The van der Waals surface area contributed by atoms with Gasteiger partial charge in [0, 0.05) is 40.8 Å². The van der Waals surface area contributed by atoms with Gasteiger partial charge >= 0.3 is 29.9 Å². The average Bonchev–Trinajstić information content (AvgIpc) is 3.14. The van der Waals surface area contributed by atoms with E-state index in [1.807, 2.05) is 136 Å². The molecule has 0 aromatic heterocycles. The predicted molar refractivity (Wildman–Crippen MR) is 269 cm³/mol. The maximum atomic E-state index is 14.0. The summed E-state index contributed by atoms with van der Waals surface area (Å²) in [5.41, 5.74) is 0.595. The van der Waals surface area contributed by atoms with Gasteiger partial charge in [0.25, 0.3) is 23.6 Å². The second-order valence-corrected chi connectivity index (χ2v) is 18.6. The molecular formula is C35H38I6N6O13. The first-order chi connectivity index (χ1) is 28.0. The minimum atomic E-state index is -1.22. The molecule has 0 spiro atoms. The topological polar surface area (TPSA) is 263 Å². The summed E-state index contributed by atoms with van der Waals surface area (Å²) >= 11 is 11.3. The van der Waals surface area contributed by atoms with E-state index in [1.54, 1.807) is 0 Å². The number of esters is 4. The summed E-state index contributed by atoms with van der Waals surface area (Å²) in [4.78, 5) is 113. The molecule has 0 radical (unpaired) electrons. The Hall–Kier alpha value is -2.15. The van der Waals surface area contributed by atoms with E-state index >= 15 is 0 Å². The number of nitrogens with one attached hydrogen (secondary N) is 6. The van der Waals surface area contributed by atoms with Crippen LogP contribution in [-0.2, 0) is 47.7 Å². The molecule has 328 valence electrons. The Morgan fingerprint density at radius 1 is 0.467 bits per heavy atom. The van der Waals surface area contributed by atoms with Gasteiger partial charge in [-0.1, -0.05) is 0 Å². The summed E-state index contributed by atoms with van der Waals surface area (Å²) < 4.78 is 21.6. The lowest BCUT2D eigenvalue weighted by molar-refractivity contribution is -0.151. The van der Waals surface area contributed by atoms with E-state index in [1.165, 1.54) is 27.7 Å². The Balaban J connectivity index is 2.69. The van der Waals surface area contributed by atoms with Crippen LogP contribution in [0, 0.1) is 21.4 Å². The van der Waals surface area contributed by atoms with Crippen LogP contribution in [0.15, 0.2) is 0 Å². The van der Waals surface area contributed by atoms with Crippen LogP contribution in [0.3, 0.4) is 0 Å². The number of carbonyl (C=O) groups excluding carboxylic acids is 9. The van der Waals surface area contributed by atoms with Gasteiger partial charge in [-0.2, -0.15) is 0 Å². The van der Waals surface area contributed by atoms with Crippen LogP contribution in [0.4, 0.5) is 27.5 Å². The van der Waals surface area contributed by atoms with Gasteiger partial charge in [-0.05, 0) is 162 Å². The van der Waals surface area contributed by atoms with Gasteiger partial charge in [0.05, 0.1) is 68.5 Å². The number of rotatable bonds is 18. The number of carbonyl (C=O) groups is 9. The molecule has 0 fully saturated rings. The van der Waals surface area contributed by atoms with Gasteiger partial charge in [0.15, 0.2) is 12.2 Å². The molecule has 2 unspecified atom stereocenters. The van der Waals surface area contributed by atoms with Crippen LogP contribution >= 0.6 is 136 Å². The van der Waals surface area contributed by atoms with E-state index in [-0.39, 0.29) is 67.3 Å². The van der Waals surface area contributed by atoms with Crippen molar-refractivity contribution in [3.05, 3.63) is 32.5 Å². The number of amides is 6. The summed E-state index contributed by atoms with van der Waals surface area (Å²) in [5.74, 6) is -4.94. The fourth-order valence-corrected chi connectivity index (χ4v) is 13.0. The molecule has 0 heterocycles. The molecule has 0 aliphatic rings. The third kappa shape index (κ3) is 16.2. The van der Waals surface area contributed by atoms with E-state index in [4.69, 9.17) is 18.9 Å². The quantitative estimate of drug-likeness (QED) is 0.0427. The van der Waals surface area contributed by atoms with E-state index in [2.05, 4.69) is 31.9 Å². The molecule has 25 heteroatoms. The van der Waals surface area contributed by atoms with Crippen molar-refractivity contribution in [3.8, 4) is 0 Å². The van der Waals surface area contributed by atoms with Gasteiger partial charge in [-0.3, -0.25) is 38.4 Å². The summed E-state index contributed by atoms with van der Waals surface area (Å²) in [6.07, 6.45) is -1.84. The third-order valence-corrected chi connectivity index (χ3v) is 13.8. The number of hydrogen-bond donors (Lipinski definition) is 6. The van der Waals surface area contributed by atoms with Crippen LogP contribution in [0.2, 0.25) is 0 Å². The molecule has 6 amide bonds. The van der Waals surface area contributed by atoms with Crippen molar-refractivity contribution in [2.45, 2.75) is 66.6 Å². The van der Waals surface area contributed by atoms with E-state index in [0.29, 0.717) is 27.1 Å². The van der Waals surface area contributed by atoms with Crippen molar-refractivity contribution in [2.24, 2.45) is 0 Å². The fraction of sp³-hybridized carbons (Fsp3) is 0.400. The zero-order chi connectivity index (χ0) is 45.6. The SMILES string of the molecule is CC(=O)OCCCNC(=O)c1c(I)c(NC(=O)Nc2c(I)c(NC(=O)C(C)OC(C)=O)c(I)c(C(=O)NCCCOC(C)=O)c2I)c(I)c(NC(=O)C(C)OC(C)=O)c1I. The van der Waals surface area contributed by atoms with Gasteiger partial charge in [0.1, 0.15) is 0 Å². The zero-order valence-electron chi connectivity index (χ0n) is 32.5. The Labute approximate surface area is 426 Å². The molecule has 2 atom stereocenters. The molecule has 2 aromatic rings. The molecule has 2 rings (SSSR count). The molecule has 60 heavy (non-hydrogen) atoms. The zero-order valence-corrected chi connectivity index (χ0v) is 45.4. The first-order valence-corrected chi connectivity index (χ1v) is 23.7. The second kappa shape index (κ2) is 25.8. The summed E-state index contributed by atoms with van der Waals surface area (Å²) in [7, 11) is 0. The number of ether oxygens (including phenoxy) is 4. The molecule has 2 aromatic carbocycles. The number of hydrogen-bond acceptors (Lipinski definition) is 13. The van der Waals surface area contributed by atoms with Crippen molar-refractivity contribution in [2.75, 3.05) is 47.6 Å². The maximum Gasteiger partial charge on any atom is 0.323 e. The van der Waals surface area contributed by atoms with Crippen molar-refractivity contribution in [1.29, 1.82) is 0 Å². The molecule has 0 saturated heterocycles. The van der Waals surface area contributed by atoms with Crippen molar-refractivity contribution in [3.63, 3.8) is 0 Å². The molecule has 6 N–H and O–H groups in total. The predicted octanol–water partition coefficient (Wildman–Crippen LogP) is 6.10. The first kappa shape index (κ1) is 54.0. The van der Waals surface area contributed by atoms with Gasteiger partial charge in [-0.25, -0.2) is 4.79 Å². The summed E-state index contributed by atoms with van der Waals surface area (Å²) in [6, 6.07) is -0.860. The lowest BCUT2D eigenvalue weighted by atomic mass is 10.1. The van der Waals surface area contributed by atoms with Crippen LogP contribution in [0.1, 0.15) is 75.1 Å². The summed E-state index contributed by atoms with van der Waals surface area (Å²) in [6.45, 7) is 7.89. The fourth-order valence-electron chi connectivity index (χ4n) is 4.64. The molecule has 0 aliphatic carbocycles. The minimum absolute atomic E-state index is 0.0605. The Bertz CT molecular complexity index is 1930. The normalized spacial score (nSPS) is 11.5. The van der Waals surface area contributed by atoms with Crippen molar-refractivity contribution in [1.82, 2.24) is 10.6 Å². The second-order valence-electron chi connectivity index (χ2n) is 12.1. The van der Waals surface area contributed by atoms with E-state index < -0.39 is 65.7 Å². The Morgan fingerprint density at radius 2 is 0.767 bits per heavy atom. The van der Waals surface area contributed by atoms with Gasteiger partial charge in [0.2, 0.25) is 0 Å². The number of anilines is 4. The number of urea groups is 1. The Kier molecular flexibility index (Phi) is 23.2.